The van der Waals surface area contributed by atoms with Gasteiger partial charge in [-0.05, 0) is 0 Å². The summed E-state index contributed by atoms with van der Waals surface area (Å²) in [5.74, 6) is 0. The number of rotatable bonds is 6. The first-order valence-electron chi connectivity index (χ1n) is 7.82. The minimum absolute atomic E-state index is 0.749. The monoisotopic (exact) mass is 422 g/mol. The highest BCUT2D eigenvalue weighted by Gasteiger charge is 2.50. The Kier molecular flexibility index (Phi) is 7.68. The Hall–Kier alpha value is -0.290. The lowest BCUT2D eigenvalue weighted by Gasteiger charge is -2.45. The average Bonchev–Trinajstić information content (AvgIpc) is 2.60. The van der Waals surface area contributed by atoms with Crippen molar-refractivity contribution in [3.05, 3.63) is 0 Å². The standard InChI is InChI=1S/C12H23O14P/c13-1-3-5(14)6(15)9(18)12(25-3)26-10-4(2-23-27(20,21)22)24-11(19)8(17)7(10)16/h3-19H,1-2H2,(H2,20,21,22)/t3-,4-,5+,6+,7-,8-,9-,10-,11?,12+/m1/s1. The zero-order valence-electron chi connectivity index (χ0n) is 13.7. The number of aliphatic hydroxyl groups excluding tert-OH is 7. The molecule has 0 aromatic carbocycles. The fraction of sp³-hybridized carbons (Fsp3) is 1.00. The molecule has 0 amide bonds. The smallest absolute Gasteiger partial charge is 0.394 e. The van der Waals surface area contributed by atoms with Gasteiger partial charge >= 0.3 is 7.82 Å². The van der Waals surface area contributed by atoms with Gasteiger partial charge in [-0.25, -0.2) is 4.57 Å². The molecule has 14 nitrogen and oxygen atoms in total. The molecule has 0 aliphatic carbocycles. The van der Waals surface area contributed by atoms with Crippen LogP contribution in [-0.2, 0) is 23.3 Å². The van der Waals surface area contributed by atoms with E-state index in [0.717, 1.165) is 0 Å². The third-order valence-electron chi connectivity index (χ3n) is 4.21. The van der Waals surface area contributed by atoms with Crippen molar-refractivity contribution in [1.29, 1.82) is 0 Å². The molecule has 1 unspecified atom stereocenters. The highest BCUT2D eigenvalue weighted by molar-refractivity contribution is 7.46. The molecular formula is C12H23O14P. The van der Waals surface area contributed by atoms with Gasteiger partial charge in [-0.1, -0.05) is 0 Å². The Morgan fingerprint density at radius 1 is 0.815 bits per heavy atom. The molecule has 2 fully saturated rings. The van der Waals surface area contributed by atoms with Crippen molar-refractivity contribution in [3.63, 3.8) is 0 Å². The van der Waals surface area contributed by atoms with Crippen molar-refractivity contribution >= 4 is 7.82 Å². The first kappa shape index (κ1) is 23.0. The second-order valence-corrected chi connectivity index (χ2v) is 7.37. The van der Waals surface area contributed by atoms with Crippen LogP contribution in [0.25, 0.3) is 0 Å². The van der Waals surface area contributed by atoms with E-state index >= 15 is 0 Å². The number of phosphoric ester groups is 1. The topological polar surface area (TPSA) is 236 Å². The maximum absolute atomic E-state index is 10.9. The summed E-state index contributed by atoms with van der Waals surface area (Å²) in [6.45, 7) is -1.63. The zero-order valence-corrected chi connectivity index (χ0v) is 14.6. The second kappa shape index (κ2) is 9.02. The number of hydrogen-bond donors (Lipinski definition) is 9. The summed E-state index contributed by atoms with van der Waals surface area (Å²) >= 11 is 0. The maximum atomic E-state index is 10.9. The van der Waals surface area contributed by atoms with Crippen molar-refractivity contribution in [1.82, 2.24) is 0 Å². The quantitative estimate of drug-likeness (QED) is 0.182. The van der Waals surface area contributed by atoms with Crippen LogP contribution in [0.1, 0.15) is 0 Å². The van der Waals surface area contributed by atoms with Crippen LogP contribution in [0.4, 0.5) is 0 Å². The normalized spacial score (nSPS) is 46.4. The van der Waals surface area contributed by atoms with Gasteiger partial charge in [0.25, 0.3) is 0 Å². The Bertz CT molecular complexity index is 526. The number of aliphatic hydroxyl groups is 7. The van der Waals surface area contributed by atoms with E-state index in [0.29, 0.717) is 0 Å². The maximum Gasteiger partial charge on any atom is 0.469 e. The number of phosphoric acid groups is 1. The Morgan fingerprint density at radius 3 is 2.00 bits per heavy atom. The molecule has 160 valence electrons. The average molecular weight is 422 g/mol. The second-order valence-electron chi connectivity index (χ2n) is 6.13. The van der Waals surface area contributed by atoms with E-state index in [1.165, 1.54) is 0 Å². The Balaban J connectivity index is 2.16. The molecule has 0 aromatic heterocycles. The molecule has 2 heterocycles. The third kappa shape index (κ3) is 5.41. The molecule has 2 rings (SSSR count). The predicted octanol–water partition coefficient (Wildman–Crippen LogP) is -5.28. The Morgan fingerprint density at radius 2 is 1.44 bits per heavy atom. The fourth-order valence-electron chi connectivity index (χ4n) is 2.73. The summed E-state index contributed by atoms with van der Waals surface area (Å²) < 4.78 is 30.4. The van der Waals surface area contributed by atoms with Crippen molar-refractivity contribution in [2.45, 2.75) is 61.4 Å². The molecule has 0 spiro atoms. The number of hydrogen-bond acceptors (Lipinski definition) is 12. The summed E-state index contributed by atoms with van der Waals surface area (Å²) in [5, 5.41) is 68.0. The van der Waals surface area contributed by atoms with Gasteiger partial charge in [0.05, 0.1) is 13.2 Å². The van der Waals surface area contributed by atoms with Gasteiger partial charge in [-0.15, -0.1) is 0 Å². The van der Waals surface area contributed by atoms with Gasteiger partial charge < -0.3 is 59.7 Å². The lowest BCUT2D eigenvalue weighted by Crippen LogP contribution is -2.64. The van der Waals surface area contributed by atoms with E-state index in [-0.39, 0.29) is 0 Å². The predicted molar refractivity (Wildman–Crippen MR) is 79.5 cm³/mol. The summed E-state index contributed by atoms with van der Waals surface area (Å²) in [5.41, 5.74) is 0. The van der Waals surface area contributed by atoms with Gasteiger partial charge in [0.15, 0.2) is 12.6 Å². The van der Waals surface area contributed by atoms with Crippen molar-refractivity contribution < 1.29 is 68.8 Å². The van der Waals surface area contributed by atoms with Gasteiger partial charge in [-0.2, -0.15) is 0 Å². The molecule has 0 aromatic rings. The first-order valence-corrected chi connectivity index (χ1v) is 9.35. The van der Waals surface area contributed by atoms with Crippen LogP contribution in [0.15, 0.2) is 0 Å². The van der Waals surface area contributed by atoms with Crippen LogP contribution in [-0.4, -0.2) is 120 Å². The minimum atomic E-state index is -4.95. The van der Waals surface area contributed by atoms with Crippen LogP contribution in [0.3, 0.4) is 0 Å². The molecule has 9 N–H and O–H groups in total. The largest absolute Gasteiger partial charge is 0.469 e. The molecule has 15 heteroatoms. The molecule has 0 radical (unpaired) electrons. The van der Waals surface area contributed by atoms with E-state index in [1.807, 2.05) is 0 Å². The molecule has 27 heavy (non-hydrogen) atoms. The van der Waals surface area contributed by atoms with E-state index < -0.39 is 82.4 Å². The molecule has 0 bridgehead atoms. The fourth-order valence-corrected chi connectivity index (χ4v) is 3.07. The third-order valence-corrected chi connectivity index (χ3v) is 4.69. The van der Waals surface area contributed by atoms with Crippen molar-refractivity contribution in [2.75, 3.05) is 13.2 Å². The molecule has 2 aliphatic heterocycles. The molecular weight excluding hydrogens is 399 g/mol. The van der Waals surface area contributed by atoms with Gasteiger partial charge in [0, 0.05) is 0 Å². The van der Waals surface area contributed by atoms with Gasteiger partial charge in [0.1, 0.15) is 48.8 Å². The van der Waals surface area contributed by atoms with E-state index in [4.69, 9.17) is 29.1 Å². The Labute approximate surface area is 152 Å². The SMILES string of the molecule is O=P(O)(O)OC[C@H]1OC(O)[C@H](O)[C@@H](O)[C@@H]1O[C@@H]1O[C@H](CO)[C@H](O)[C@H](O)[C@H]1O. The highest BCUT2D eigenvalue weighted by Crippen LogP contribution is 2.37. The lowest BCUT2D eigenvalue weighted by atomic mass is 9.97. The molecule has 2 saturated heterocycles. The van der Waals surface area contributed by atoms with Gasteiger partial charge in [0.2, 0.25) is 0 Å². The lowest BCUT2D eigenvalue weighted by molar-refractivity contribution is -0.354. The molecule has 2 aliphatic rings. The van der Waals surface area contributed by atoms with E-state index in [9.17, 15) is 35.2 Å². The first-order chi connectivity index (χ1) is 12.5. The van der Waals surface area contributed by atoms with Crippen LogP contribution >= 0.6 is 7.82 Å². The van der Waals surface area contributed by atoms with Crippen LogP contribution in [0.2, 0.25) is 0 Å². The van der Waals surface area contributed by atoms with Crippen molar-refractivity contribution in [2.24, 2.45) is 0 Å². The zero-order chi connectivity index (χ0) is 20.5. The summed E-state index contributed by atoms with van der Waals surface area (Å²) in [7, 11) is -4.95. The van der Waals surface area contributed by atoms with Crippen LogP contribution in [0, 0.1) is 0 Å². The summed E-state index contributed by atoms with van der Waals surface area (Å²) in [4.78, 5) is 17.6. The highest BCUT2D eigenvalue weighted by atomic mass is 31.2. The summed E-state index contributed by atoms with van der Waals surface area (Å²) in [6.07, 6.45) is -17.2. The van der Waals surface area contributed by atoms with Crippen LogP contribution in [0.5, 0.6) is 0 Å². The van der Waals surface area contributed by atoms with E-state index in [1.54, 1.807) is 0 Å². The summed E-state index contributed by atoms with van der Waals surface area (Å²) in [6, 6.07) is 0. The van der Waals surface area contributed by atoms with Crippen molar-refractivity contribution in [3.8, 4) is 0 Å². The minimum Gasteiger partial charge on any atom is -0.394 e. The molecule has 0 saturated carbocycles. The van der Waals surface area contributed by atoms with E-state index in [2.05, 4.69) is 4.52 Å². The van der Waals surface area contributed by atoms with Crippen LogP contribution < -0.4 is 0 Å². The van der Waals surface area contributed by atoms with Gasteiger partial charge in [-0.3, -0.25) is 4.52 Å². The molecule has 10 atom stereocenters. The number of ether oxygens (including phenoxy) is 3.